The molecule has 0 aromatic heterocycles. The van der Waals surface area contributed by atoms with Gasteiger partial charge >= 0.3 is 16.4 Å². The number of likely N-dealkylation sites (tertiary alicyclic amines) is 1. The van der Waals surface area contributed by atoms with Gasteiger partial charge in [-0.05, 0) is 6.42 Å². The molecule has 1 atom stereocenters. The first-order valence-electron chi connectivity index (χ1n) is 6.39. The Hall–Kier alpha value is -1.19. The van der Waals surface area contributed by atoms with E-state index >= 15 is 0 Å². The number of nitrogens with zero attached hydrogens (tertiary/aromatic N) is 1. The molecule has 0 aromatic carbocycles. The van der Waals surface area contributed by atoms with E-state index in [4.69, 9.17) is 9.29 Å². The minimum atomic E-state index is -4.51. The molecule has 1 aliphatic heterocycles. The lowest BCUT2D eigenvalue weighted by atomic mass is 10.1. The van der Waals surface area contributed by atoms with Gasteiger partial charge in [0.2, 0.25) is 5.91 Å². The highest BCUT2D eigenvalue weighted by Crippen LogP contribution is 2.19. The Labute approximate surface area is 118 Å². The molecule has 1 fully saturated rings. The van der Waals surface area contributed by atoms with E-state index in [1.807, 2.05) is 6.92 Å². The number of unbranched alkanes of at least 4 members (excludes halogenated alkanes) is 1. The van der Waals surface area contributed by atoms with Crippen LogP contribution in [0.15, 0.2) is 0 Å². The van der Waals surface area contributed by atoms with Crippen LogP contribution < -0.4 is 0 Å². The summed E-state index contributed by atoms with van der Waals surface area (Å²) in [6.45, 7) is 2.15. The zero-order valence-corrected chi connectivity index (χ0v) is 12.1. The molecule has 8 nitrogen and oxygen atoms in total. The maximum Gasteiger partial charge on any atom is 0.397 e. The van der Waals surface area contributed by atoms with Crippen LogP contribution in [0.25, 0.3) is 0 Å². The molecule has 1 N–H and O–H groups in total. The lowest BCUT2D eigenvalue weighted by Gasteiger charge is -2.15. The third kappa shape index (κ3) is 5.85. The summed E-state index contributed by atoms with van der Waals surface area (Å²) < 4.78 is 38.3. The van der Waals surface area contributed by atoms with Crippen molar-refractivity contribution in [2.24, 2.45) is 5.92 Å². The summed E-state index contributed by atoms with van der Waals surface area (Å²) in [5, 5.41) is 0. The van der Waals surface area contributed by atoms with E-state index < -0.39 is 22.3 Å². The molecule has 0 aliphatic carbocycles. The third-order valence-corrected chi connectivity index (χ3v) is 3.35. The van der Waals surface area contributed by atoms with Gasteiger partial charge in [-0.15, -0.1) is 0 Å². The molecule has 1 aliphatic rings. The third-order valence-electron chi connectivity index (χ3n) is 2.88. The number of carbonyl (C=O) groups is 2. The number of rotatable bonds is 8. The molecular weight excluding hydrogens is 290 g/mol. The van der Waals surface area contributed by atoms with Crippen molar-refractivity contribution in [2.75, 3.05) is 26.3 Å². The fourth-order valence-corrected chi connectivity index (χ4v) is 2.12. The zero-order valence-electron chi connectivity index (χ0n) is 11.3. The normalized spacial score (nSPS) is 19.4. The van der Waals surface area contributed by atoms with Crippen LogP contribution in [0.3, 0.4) is 0 Å². The lowest BCUT2D eigenvalue weighted by molar-refractivity contribution is -0.148. The summed E-state index contributed by atoms with van der Waals surface area (Å²) in [5.41, 5.74) is 0. The molecule has 0 saturated carbocycles. The van der Waals surface area contributed by atoms with Gasteiger partial charge in [0.05, 0.1) is 19.1 Å². The number of hydrogen-bond donors (Lipinski definition) is 1. The topological polar surface area (TPSA) is 110 Å². The monoisotopic (exact) mass is 309 g/mol. The molecule has 0 bridgehead atoms. The number of ether oxygens (including phenoxy) is 1. The van der Waals surface area contributed by atoms with Crippen molar-refractivity contribution in [2.45, 2.75) is 26.2 Å². The summed E-state index contributed by atoms with van der Waals surface area (Å²) >= 11 is 0. The van der Waals surface area contributed by atoms with Gasteiger partial charge in [-0.2, -0.15) is 8.42 Å². The van der Waals surface area contributed by atoms with Crippen molar-refractivity contribution in [3.63, 3.8) is 0 Å². The Kier molecular flexibility index (Phi) is 6.37. The molecular formula is C11H19NO7S. The minimum absolute atomic E-state index is 0.00262. The van der Waals surface area contributed by atoms with Crippen LogP contribution in [-0.4, -0.2) is 56.1 Å². The lowest BCUT2D eigenvalue weighted by Crippen LogP contribution is -2.30. The summed E-state index contributed by atoms with van der Waals surface area (Å²) in [7, 11) is -4.51. The molecule has 1 amide bonds. The summed E-state index contributed by atoms with van der Waals surface area (Å²) in [5.74, 6) is -1.20. The molecule has 1 rings (SSSR count). The van der Waals surface area contributed by atoms with Gasteiger partial charge in [0.1, 0.15) is 0 Å². The quantitative estimate of drug-likeness (QED) is 0.381. The van der Waals surface area contributed by atoms with Gasteiger partial charge in [0.25, 0.3) is 0 Å². The molecule has 0 spiro atoms. The SMILES string of the molecule is CCCCOC(=O)C1CC(=O)N(CCOS(=O)(=O)O)C1. The van der Waals surface area contributed by atoms with E-state index in [0.717, 1.165) is 12.8 Å². The van der Waals surface area contributed by atoms with Crippen molar-refractivity contribution in [1.29, 1.82) is 0 Å². The van der Waals surface area contributed by atoms with Crippen molar-refractivity contribution in [1.82, 2.24) is 4.90 Å². The Morgan fingerprint density at radius 3 is 2.75 bits per heavy atom. The highest BCUT2D eigenvalue weighted by Gasteiger charge is 2.35. The Morgan fingerprint density at radius 2 is 2.15 bits per heavy atom. The molecule has 0 radical (unpaired) electrons. The number of amides is 1. The van der Waals surface area contributed by atoms with Gasteiger partial charge in [0.15, 0.2) is 0 Å². The van der Waals surface area contributed by atoms with E-state index in [0.29, 0.717) is 6.61 Å². The highest BCUT2D eigenvalue weighted by molar-refractivity contribution is 7.80. The van der Waals surface area contributed by atoms with Gasteiger partial charge in [-0.1, -0.05) is 13.3 Å². The smallest absolute Gasteiger partial charge is 0.397 e. The second kappa shape index (κ2) is 7.55. The van der Waals surface area contributed by atoms with Crippen LogP contribution in [0, 0.1) is 5.92 Å². The van der Waals surface area contributed by atoms with E-state index in [2.05, 4.69) is 4.18 Å². The molecule has 116 valence electrons. The summed E-state index contributed by atoms with van der Waals surface area (Å²) in [6.07, 6.45) is 1.74. The van der Waals surface area contributed by atoms with Crippen molar-refractivity contribution in [3.05, 3.63) is 0 Å². The van der Waals surface area contributed by atoms with E-state index in [1.54, 1.807) is 0 Å². The van der Waals surface area contributed by atoms with Crippen LogP contribution >= 0.6 is 0 Å². The fourth-order valence-electron chi connectivity index (χ4n) is 1.83. The molecule has 0 aromatic rings. The minimum Gasteiger partial charge on any atom is -0.465 e. The van der Waals surface area contributed by atoms with Gasteiger partial charge in [-0.25, -0.2) is 4.18 Å². The van der Waals surface area contributed by atoms with Gasteiger partial charge < -0.3 is 9.64 Å². The predicted molar refractivity (Wildman–Crippen MR) is 68.1 cm³/mol. The Bertz CT molecular complexity index is 448. The number of esters is 1. The van der Waals surface area contributed by atoms with Gasteiger partial charge in [0, 0.05) is 19.5 Å². The number of hydrogen-bond acceptors (Lipinski definition) is 6. The first-order valence-corrected chi connectivity index (χ1v) is 7.76. The van der Waals surface area contributed by atoms with Crippen LogP contribution in [-0.2, 0) is 28.9 Å². The van der Waals surface area contributed by atoms with E-state index in [9.17, 15) is 18.0 Å². The standard InChI is InChI=1S/C11H19NO7S/c1-2-3-5-18-11(14)9-7-10(13)12(8-9)4-6-19-20(15,16)17/h9H,2-8H2,1H3,(H,15,16,17). The average Bonchev–Trinajstić information content (AvgIpc) is 2.70. The Morgan fingerprint density at radius 1 is 1.45 bits per heavy atom. The van der Waals surface area contributed by atoms with Crippen molar-refractivity contribution < 1.29 is 31.5 Å². The Balaban J connectivity index is 2.35. The first-order chi connectivity index (χ1) is 9.33. The molecule has 20 heavy (non-hydrogen) atoms. The summed E-state index contributed by atoms with van der Waals surface area (Å²) in [4.78, 5) is 24.6. The fraction of sp³-hybridized carbons (Fsp3) is 0.818. The molecule has 1 unspecified atom stereocenters. The van der Waals surface area contributed by atoms with Crippen molar-refractivity contribution >= 4 is 22.3 Å². The van der Waals surface area contributed by atoms with Crippen molar-refractivity contribution in [3.8, 4) is 0 Å². The van der Waals surface area contributed by atoms with Crippen LogP contribution in [0.2, 0.25) is 0 Å². The second-order valence-corrected chi connectivity index (χ2v) is 5.60. The molecule has 1 saturated heterocycles. The molecule has 9 heteroatoms. The average molecular weight is 309 g/mol. The maximum absolute atomic E-state index is 11.7. The van der Waals surface area contributed by atoms with E-state index in [-0.39, 0.29) is 32.0 Å². The predicted octanol–water partition coefficient (Wildman–Crippen LogP) is -0.00240. The maximum atomic E-state index is 11.7. The highest BCUT2D eigenvalue weighted by atomic mass is 32.3. The summed E-state index contributed by atoms with van der Waals surface area (Å²) in [6, 6.07) is 0. The van der Waals surface area contributed by atoms with Crippen LogP contribution in [0.1, 0.15) is 26.2 Å². The second-order valence-electron chi connectivity index (χ2n) is 4.51. The van der Waals surface area contributed by atoms with Gasteiger partial charge in [-0.3, -0.25) is 14.1 Å². The van der Waals surface area contributed by atoms with Crippen LogP contribution in [0.4, 0.5) is 0 Å². The zero-order chi connectivity index (χ0) is 15.2. The molecule has 1 heterocycles. The van der Waals surface area contributed by atoms with Crippen LogP contribution in [0.5, 0.6) is 0 Å². The first kappa shape index (κ1) is 16.9. The largest absolute Gasteiger partial charge is 0.465 e. The number of carbonyl (C=O) groups excluding carboxylic acids is 2. The van der Waals surface area contributed by atoms with E-state index in [1.165, 1.54) is 4.90 Å².